The van der Waals surface area contributed by atoms with Crippen LogP contribution in [0, 0.1) is 13.8 Å². The van der Waals surface area contributed by atoms with E-state index in [9.17, 15) is 14.4 Å². The van der Waals surface area contributed by atoms with E-state index in [1.54, 1.807) is 62.4 Å². The lowest BCUT2D eigenvalue weighted by atomic mass is 10.1. The smallest absolute Gasteiger partial charge is 0.305 e. The fraction of sp³-hybridized carbons (Fsp3) is 0.0769. The van der Waals surface area contributed by atoms with Gasteiger partial charge in [-0.25, -0.2) is 4.98 Å². The summed E-state index contributed by atoms with van der Waals surface area (Å²) in [6, 6.07) is 20.9. The van der Waals surface area contributed by atoms with Crippen molar-refractivity contribution in [3.8, 4) is 5.69 Å². The van der Waals surface area contributed by atoms with Crippen LogP contribution in [0.25, 0.3) is 27.6 Å². The number of aromatic nitrogens is 2. The van der Waals surface area contributed by atoms with Crippen LogP contribution in [0.15, 0.2) is 82.0 Å². The van der Waals surface area contributed by atoms with E-state index in [1.165, 1.54) is 4.57 Å². The number of nitrogens with zero attached hydrogens (tertiary/aromatic N) is 2. The molecule has 3 aromatic carbocycles. The number of hydrogen-bond donors (Lipinski definition) is 2. The molecular formula is C26H20N4O4. The van der Waals surface area contributed by atoms with Crippen molar-refractivity contribution in [2.24, 2.45) is 0 Å². The van der Waals surface area contributed by atoms with Gasteiger partial charge >= 0.3 is 5.91 Å². The lowest BCUT2D eigenvalue weighted by Gasteiger charge is -2.12. The van der Waals surface area contributed by atoms with Crippen LogP contribution in [0.4, 0.5) is 0 Å². The topological polar surface area (TPSA) is 106 Å². The maximum Gasteiger partial charge on any atom is 0.305 e. The minimum atomic E-state index is -0.553. The summed E-state index contributed by atoms with van der Waals surface area (Å²) in [7, 11) is 0. The number of furan rings is 1. The second kappa shape index (κ2) is 8.32. The Kier molecular flexibility index (Phi) is 5.18. The Hall–Kier alpha value is -4.72. The number of nitrogens with one attached hydrogen (secondary N) is 2. The molecule has 0 saturated heterocycles. The zero-order valence-corrected chi connectivity index (χ0v) is 18.5. The molecule has 0 bridgehead atoms. The summed E-state index contributed by atoms with van der Waals surface area (Å²) in [5.41, 5.74) is 7.41. The first-order chi connectivity index (χ1) is 16.4. The van der Waals surface area contributed by atoms with E-state index in [0.29, 0.717) is 39.1 Å². The fourth-order valence-corrected chi connectivity index (χ4v) is 3.94. The fourth-order valence-electron chi connectivity index (χ4n) is 3.94. The Morgan fingerprint density at radius 3 is 2.21 bits per heavy atom. The number of aryl methyl sites for hydroxylation is 2. The summed E-state index contributed by atoms with van der Waals surface area (Å²) < 4.78 is 7.11. The third-order valence-electron chi connectivity index (χ3n) is 5.67. The molecule has 0 unspecified atom stereocenters. The maximum atomic E-state index is 13.0. The highest BCUT2D eigenvalue weighted by atomic mass is 16.3. The van der Waals surface area contributed by atoms with E-state index in [4.69, 9.17) is 4.42 Å². The molecule has 5 aromatic rings. The first-order valence-corrected chi connectivity index (χ1v) is 10.6. The standard InChI is InChI=1S/C26H20N4O4/c1-15-19-7-4-6-10-22(19)34-23(15)25(32)29-28-24(31)17-11-13-18(14-12-17)30-16(2)27-21-9-5-3-8-20(21)26(30)33/h3-14H,1-2H3,(H,28,31)(H,29,32). The van der Waals surface area contributed by atoms with Gasteiger partial charge in [-0.3, -0.25) is 29.8 Å². The third-order valence-corrected chi connectivity index (χ3v) is 5.67. The molecule has 0 fully saturated rings. The van der Waals surface area contributed by atoms with Gasteiger partial charge in [-0.1, -0.05) is 30.3 Å². The van der Waals surface area contributed by atoms with Crippen molar-refractivity contribution in [2.45, 2.75) is 13.8 Å². The highest BCUT2D eigenvalue weighted by Gasteiger charge is 2.18. The van der Waals surface area contributed by atoms with Gasteiger partial charge < -0.3 is 4.42 Å². The number of carbonyl (C=O) groups is 2. The van der Waals surface area contributed by atoms with Gasteiger partial charge in [-0.05, 0) is 56.3 Å². The first-order valence-electron chi connectivity index (χ1n) is 10.6. The number of carbonyl (C=O) groups excluding carboxylic acids is 2. The minimum Gasteiger partial charge on any atom is -0.451 e. The number of fused-ring (bicyclic) bond motifs is 2. The van der Waals surface area contributed by atoms with Gasteiger partial charge in [0.2, 0.25) is 0 Å². The molecule has 5 rings (SSSR count). The van der Waals surface area contributed by atoms with E-state index in [2.05, 4.69) is 15.8 Å². The Labute approximate surface area is 193 Å². The van der Waals surface area contributed by atoms with Crippen molar-refractivity contribution in [3.05, 3.63) is 106 Å². The summed E-state index contributed by atoms with van der Waals surface area (Å²) in [4.78, 5) is 42.5. The van der Waals surface area contributed by atoms with E-state index in [0.717, 1.165) is 5.39 Å². The SMILES string of the molecule is Cc1c(C(=O)NNC(=O)c2ccc(-n3c(C)nc4ccccc4c3=O)cc2)oc2ccccc12. The Morgan fingerprint density at radius 1 is 0.824 bits per heavy atom. The quantitative estimate of drug-likeness (QED) is 0.405. The second-order valence-corrected chi connectivity index (χ2v) is 7.82. The second-order valence-electron chi connectivity index (χ2n) is 7.82. The van der Waals surface area contributed by atoms with Gasteiger partial charge in [0.1, 0.15) is 11.4 Å². The van der Waals surface area contributed by atoms with Gasteiger partial charge in [-0.2, -0.15) is 0 Å². The van der Waals surface area contributed by atoms with Crippen molar-refractivity contribution in [2.75, 3.05) is 0 Å². The maximum absolute atomic E-state index is 13.0. The monoisotopic (exact) mass is 452 g/mol. The van der Waals surface area contributed by atoms with Crippen LogP contribution < -0.4 is 16.4 Å². The van der Waals surface area contributed by atoms with Gasteiger partial charge in [0, 0.05) is 16.5 Å². The predicted octanol–water partition coefficient (Wildman–Crippen LogP) is 3.82. The van der Waals surface area contributed by atoms with Gasteiger partial charge in [0.05, 0.1) is 16.6 Å². The molecule has 0 saturated carbocycles. The first kappa shape index (κ1) is 21.1. The molecule has 2 aromatic heterocycles. The van der Waals surface area contributed by atoms with Gasteiger partial charge in [0.15, 0.2) is 5.76 Å². The molecule has 2 amide bonds. The van der Waals surface area contributed by atoms with Crippen LogP contribution >= 0.6 is 0 Å². The summed E-state index contributed by atoms with van der Waals surface area (Å²) in [5.74, 6) is -0.387. The largest absolute Gasteiger partial charge is 0.451 e. The van der Waals surface area contributed by atoms with Gasteiger partial charge in [-0.15, -0.1) is 0 Å². The van der Waals surface area contributed by atoms with Crippen molar-refractivity contribution in [1.82, 2.24) is 20.4 Å². The normalized spacial score (nSPS) is 11.0. The molecule has 8 heteroatoms. The average molecular weight is 452 g/mol. The van der Waals surface area contributed by atoms with Crippen LogP contribution in [0.3, 0.4) is 0 Å². The summed E-state index contributed by atoms with van der Waals surface area (Å²) in [5, 5.41) is 1.35. The van der Waals surface area contributed by atoms with Crippen LogP contribution in [-0.4, -0.2) is 21.4 Å². The van der Waals surface area contributed by atoms with Crippen molar-refractivity contribution in [3.63, 3.8) is 0 Å². The number of hydrazine groups is 1. The molecule has 2 N–H and O–H groups in total. The van der Waals surface area contributed by atoms with Crippen molar-refractivity contribution in [1.29, 1.82) is 0 Å². The number of rotatable bonds is 3. The Bertz CT molecular complexity index is 1630. The van der Waals surface area contributed by atoms with Gasteiger partial charge in [0.25, 0.3) is 11.5 Å². The molecule has 2 heterocycles. The zero-order chi connectivity index (χ0) is 23.8. The van der Waals surface area contributed by atoms with E-state index in [1.807, 2.05) is 24.3 Å². The highest BCUT2D eigenvalue weighted by Crippen LogP contribution is 2.24. The number of para-hydroxylation sites is 2. The number of hydrogen-bond acceptors (Lipinski definition) is 5. The Morgan fingerprint density at radius 2 is 1.47 bits per heavy atom. The van der Waals surface area contributed by atoms with E-state index >= 15 is 0 Å². The van der Waals surface area contributed by atoms with Crippen LogP contribution in [-0.2, 0) is 0 Å². The van der Waals surface area contributed by atoms with Crippen molar-refractivity contribution < 1.29 is 14.0 Å². The molecule has 0 radical (unpaired) electrons. The van der Waals surface area contributed by atoms with Crippen LogP contribution in [0.1, 0.15) is 32.3 Å². The summed E-state index contributed by atoms with van der Waals surface area (Å²) in [6.07, 6.45) is 0. The molecule has 0 aliphatic carbocycles. The molecule has 8 nitrogen and oxygen atoms in total. The lowest BCUT2D eigenvalue weighted by molar-refractivity contribution is 0.0831. The molecule has 0 aliphatic heterocycles. The molecule has 0 aliphatic rings. The minimum absolute atomic E-state index is 0.135. The van der Waals surface area contributed by atoms with Crippen LogP contribution in [0.5, 0.6) is 0 Å². The zero-order valence-electron chi connectivity index (χ0n) is 18.5. The predicted molar refractivity (Wildman–Crippen MR) is 128 cm³/mol. The van der Waals surface area contributed by atoms with E-state index in [-0.39, 0.29) is 11.3 Å². The summed E-state index contributed by atoms with van der Waals surface area (Å²) in [6.45, 7) is 3.54. The average Bonchev–Trinajstić information content (AvgIpc) is 3.19. The highest BCUT2D eigenvalue weighted by molar-refractivity contribution is 6.01. The summed E-state index contributed by atoms with van der Waals surface area (Å²) >= 11 is 0. The van der Waals surface area contributed by atoms with Crippen molar-refractivity contribution >= 4 is 33.7 Å². The number of benzene rings is 3. The Balaban J connectivity index is 1.33. The van der Waals surface area contributed by atoms with Crippen LogP contribution in [0.2, 0.25) is 0 Å². The number of amides is 2. The van der Waals surface area contributed by atoms with E-state index < -0.39 is 11.8 Å². The lowest BCUT2D eigenvalue weighted by Crippen LogP contribution is -2.41. The molecule has 0 spiro atoms. The molecule has 34 heavy (non-hydrogen) atoms. The molecule has 168 valence electrons. The molecule has 0 atom stereocenters. The molecular weight excluding hydrogens is 432 g/mol. The third kappa shape index (κ3) is 3.61.